The van der Waals surface area contributed by atoms with Crippen LogP contribution in [-0.2, 0) is 4.79 Å². The largest absolute Gasteiger partial charge is 0.459 e. The van der Waals surface area contributed by atoms with Crippen molar-refractivity contribution in [3.63, 3.8) is 0 Å². The molecule has 0 saturated carbocycles. The first kappa shape index (κ1) is 18.7. The van der Waals surface area contributed by atoms with Crippen LogP contribution in [0.3, 0.4) is 0 Å². The van der Waals surface area contributed by atoms with Crippen LogP contribution in [0.2, 0.25) is 0 Å². The molecule has 0 aliphatic carbocycles. The molecule has 134 valence electrons. The third-order valence-electron chi connectivity index (χ3n) is 4.02. The second kappa shape index (κ2) is 9.01. The molecule has 0 spiro atoms. The number of rotatable bonds is 8. The van der Waals surface area contributed by atoms with Crippen LogP contribution in [0.25, 0.3) is 0 Å². The molecule has 2 aromatic heterocycles. The lowest BCUT2D eigenvalue weighted by molar-refractivity contribution is -0.123. The first-order chi connectivity index (χ1) is 12.0. The Morgan fingerprint density at radius 2 is 1.80 bits per heavy atom. The van der Waals surface area contributed by atoms with Gasteiger partial charge in [0.15, 0.2) is 5.76 Å². The van der Waals surface area contributed by atoms with Gasteiger partial charge in [0.2, 0.25) is 5.91 Å². The Labute approximate surface area is 148 Å². The third-order valence-corrected chi connectivity index (χ3v) is 4.02. The lowest BCUT2D eigenvalue weighted by Crippen LogP contribution is -2.34. The smallest absolute Gasteiger partial charge is 0.287 e. The van der Waals surface area contributed by atoms with Crippen molar-refractivity contribution in [3.8, 4) is 0 Å². The van der Waals surface area contributed by atoms with Gasteiger partial charge in [-0.2, -0.15) is 0 Å². The number of nitrogens with zero attached hydrogens (tertiary/aromatic N) is 1. The van der Waals surface area contributed by atoms with E-state index in [0.29, 0.717) is 25.3 Å². The fourth-order valence-corrected chi connectivity index (χ4v) is 2.71. The maximum Gasteiger partial charge on any atom is 0.287 e. The molecule has 0 fully saturated rings. The minimum absolute atomic E-state index is 0.00518. The highest BCUT2D eigenvalue weighted by atomic mass is 16.3. The minimum Gasteiger partial charge on any atom is -0.459 e. The van der Waals surface area contributed by atoms with Gasteiger partial charge in [-0.1, -0.05) is 13.8 Å². The molecule has 25 heavy (non-hydrogen) atoms. The second-order valence-corrected chi connectivity index (χ2v) is 6.34. The quantitative estimate of drug-likeness (QED) is 0.722. The number of aromatic nitrogens is 1. The van der Waals surface area contributed by atoms with Gasteiger partial charge in [-0.3, -0.25) is 14.6 Å². The molecule has 0 aliphatic rings. The predicted molar refractivity (Wildman–Crippen MR) is 95.2 cm³/mol. The van der Waals surface area contributed by atoms with Gasteiger partial charge >= 0.3 is 0 Å². The van der Waals surface area contributed by atoms with Crippen LogP contribution < -0.4 is 10.6 Å². The molecule has 0 saturated heterocycles. The summed E-state index contributed by atoms with van der Waals surface area (Å²) in [7, 11) is 0. The summed E-state index contributed by atoms with van der Waals surface area (Å²) in [6.45, 7) is 6.85. The average molecular weight is 343 g/mol. The van der Waals surface area contributed by atoms with E-state index in [9.17, 15) is 9.59 Å². The van der Waals surface area contributed by atoms with Gasteiger partial charge in [0.25, 0.3) is 5.91 Å². The highest BCUT2D eigenvalue weighted by molar-refractivity contribution is 5.92. The Bertz CT molecular complexity index is 695. The van der Waals surface area contributed by atoms with Crippen LogP contribution in [0, 0.1) is 12.8 Å². The number of hydrogen-bond donors (Lipinski definition) is 2. The minimum atomic E-state index is -0.231. The van der Waals surface area contributed by atoms with Gasteiger partial charge < -0.3 is 15.1 Å². The maximum atomic E-state index is 12.5. The molecule has 6 nitrogen and oxygen atoms in total. The van der Waals surface area contributed by atoms with Gasteiger partial charge in [0.1, 0.15) is 0 Å². The van der Waals surface area contributed by atoms with Crippen molar-refractivity contribution >= 4 is 11.8 Å². The highest BCUT2D eigenvalue weighted by Gasteiger charge is 2.23. The Hall–Kier alpha value is -2.63. The number of amides is 2. The van der Waals surface area contributed by atoms with E-state index < -0.39 is 0 Å². The Morgan fingerprint density at radius 1 is 1.12 bits per heavy atom. The maximum absolute atomic E-state index is 12.5. The molecule has 0 radical (unpaired) electrons. The molecule has 2 rings (SSSR count). The molecule has 2 N–H and O–H groups in total. The first-order valence-electron chi connectivity index (χ1n) is 8.50. The van der Waals surface area contributed by atoms with Crippen LogP contribution in [-0.4, -0.2) is 29.9 Å². The summed E-state index contributed by atoms with van der Waals surface area (Å²) in [5.41, 5.74) is 1.77. The van der Waals surface area contributed by atoms with Crippen molar-refractivity contribution < 1.29 is 14.0 Å². The fraction of sp³-hybridized carbons (Fsp3) is 0.421. The Kier molecular flexibility index (Phi) is 6.74. The lowest BCUT2D eigenvalue weighted by Gasteiger charge is -2.20. The van der Waals surface area contributed by atoms with Crippen molar-refractivity contribution in [2.24, 2.45) is 5.92 Å². The number of pyridine rings is 1. The van der Waals surface area contributed by atoms with E-state index in [-0.39, 0.29) is 23.7 Å². The van der Waals surface area contributed by atoms with Gasteiger partial charge in [-0.15, -0.1) is 0 Å². The number of carbonyl (C=O) groups excluding carboxylic acids is 2. The summed E-state index contributed by atoms with van der Waals surface area (Å²) < 4.78 is 5.14. The van der Waals surface area contributed by atoms with Crippen molar-refractivity contribution in [1.29, 1.82) is 0 Å². The molecule has 1 atom stereocenters. The van der Waals surface area contributed by atoms with Crippen molar-refractivity contribution in [1.82, 2.24) is 15.6 Å². The molecule has 1 unspecified atom stereocenters. The van der Waals surface area contributed by atoms with Crippen molar-refractivity contribution in [2.75, 3.05) is 13.1 Å². The van der Waals surface area contributed by atoms with E-state index in [0.717, 1.165) is 11.1 Å². The molecule has 0 aromatic carbocycles. The molecule has 0 aliphatic heterocycles. The summed E-state index contributed by atoms with van der Waals surface area (Å²) in [6, 6.07) is 5.49. The molecule has 6 heteroatoms. The van der Waals surface area contributed by atoms with Crippen LogP contribution in [0.15, 0.2) is 41.3 Å². The van der Waals surface area contributed by atoms with Gasteiger partial charge in [-0.25, -0.2) is 0 Å². The number of hydrogen-bond acceptors (Lipinski definition) is 4. The number of aryl methyl sites for hydroxylation is 1. The SMILES string of the molecule is Cc1ccoc1C(=O)NCCCNC(=O)C(c1ccncc1)C(C)C. The molecular weight excluding hydrogens is 318 g/mol. The summed E-state index contributed by atoms with van der Waals surface area (Å²) in [4.78, 5) is 28.4. The molecule has 2 aromatic rings. The summed E-state index contributed by atoms with van der Waals surface area (Å²) >= 11 is 0. The fourth-order valence-electron chi connectivity index (χ4n) is 2.71. The van der Waals surface area contributed by atoms with Crippen LogP contribution in [0.5, 0.6) is 0 Å². The normalized spacial score (nSPS) is 12.0. The van der Waals surface area contributed by atoms with Gasteiger partial charge in [0, 0.05) is 31.0 Å². The third kappa shape index (κ3) is 5.17. The van der Waals surface area contributed by atoms with Crippen LogP contribution >= 0.6 is 0 Å². The monoisotopic (exact) mass is 343 g/mol. The van der Waals surface area contributed by atoms with E-state index in [4.69, 9.17) is 4.42 Å². The summed E-state index contributed by atoms with van der Waals surface area (Å²) in [5.74, 6) is 0.0778. The number of nitrogens with one attached hydrogen (secondary N) is 2. The van der Waals surface area contributed by atoms with E-state index in [1.807, 2.05) is 32.9 Å². The summed E-state index contributed by atoms with van der Waals surface area (Å²) in [5, 5.41) is 5.74. The standard InChI is InChI=1S/C19H25N3O3/c1-13(2)16(15-5-10-20-11-6-15)18(23)21-8-4-9-22-19(24)17-14(3)7-12-25-17/h5-7,10-13,16H,4,8-9H2,1-3H3,(H,21,23)(H,22,24). The average Bonchev–Trinajstić information content (AvgIpc) is 3.01. The zero-order chi connectivity index (χ0) is 18.2. The van der Waals surface area contributed by atoms with Gasteiger partial charge in [0.05, 0.1) is 12.2 Å². The Balaban J connectivity index is 1.76. The number of furan rings is 1. The predicted octanol–water partition coefficient (Wildman–Crippen LogP) is 2.66. The molecule has 2 heterocycles. The van der Waals surface area contributed by atoms with E-state index in [1.165, 1.54) is 6.26 Å². The van der Waals surface area contributed by atoms with Crippen LogP contribution in [0.1, 0.15) is 47.9 Å². The highest BCUT2D eigenvalue weighted by Crippen LogP contribution is 2.23. The first-order valence-corrected chi connectivity index (χ1v) is 8.50. The van der Waals surface area contributed by atoms with Crippen molar-refractivity contribution in [2.45, 2.75) is 33.1 Å². The number of carbonyl (C=O) groups is 2. The molecule has 2 amide bonds. The zero-order valence-corrected chi connectivity index (χ0v) is 14.9. The molecule has 0 bridgehead atoms. The van der Waals surface area contributed by atoms with E-state index >= 15 is 0 Å². The lowest BCUT2D eigenvalue weighted by atomic mass is 9.88. The summed E-state index contributed by atoms with van der Waals surface area (Å²) in [6.07, 6.45) is 5.54. The topological polar surface area (TPSA) is 84.2 Å². The molecular formula is C19H25N3O3. The zero-order valence-electron chi connectivity index (χ0n) is 14.9. The second-order valence-electron chi connectivity index (χ2n) is 6.34. The van der Waals surface area contributed by atoms with Gasteiger partial charge in [-0.05, 0) is 43.0 Å². The van der Waals surface area contributed by atoms with E-state index in [2.05, 4.69) is 15.6 Å². The van der Waals surface area contributed by atoms with Crippen LogP contribution in [0.4, 0.5) is 0 Å². The van der Waals surface area contributed by atoms with Crippen molar-refractivity contribution in [3.05, 3.63) is 53.7 Å². The van der Waals surface area contributed by atoms with E-state index in [1.54, 1.807) is 18.5 Å². The Morgan fingerprint density at radius 3 is 2.40 bits per heavy atom.